The number of hydrogen-bond donors (Lipinski definition) is 2. The number of carbonyl (C=O) groups excluding carboxylic acids is 1. The highest BCUT2D eigenvalue weighted by Gasteiger charge is 2.13. The van der Waals surface area contributed by atoms with E-state index in [1.54, 1.807) is 24.3 Å². The molecule has 1 aromatic heterocycles. The Labute approximate surface area is 117 Å². The number of rotatable bonds is 5. The summed E-state index contributed by atoms with van der Waals surface area (Å²) >= 11 is 0. The summed E-state index contributed by atoms with van der Waals surface area (Å²) in [6, 6.07) is 6.98. The zero-order valence-electron chi connectivity index (χ0n) is 11.8. The first kappa shape index (κ1) is 14.2. The third-order valence-corrected chi connectivity index (χ3v) is 3.15. The molecule has 0 atom stereocenters. The van der Waals surface area contributed by atoms with Crippen LogP contribution in [0.3, 0.4) is 0 Å². The first-order valence-corrected chi connectivity index (χ1v) is 6.85. The number of nitrogens with one attached hydrogen (secondary N) is 2. The lowest BCUT2D eigenvalue weighted by molar-refractivity contribution is 0.0948. The molecule has 0 radical (unpaired) electrons. The molecule has 0 saturated carbocycles. The molecule has 1 heterocycles. The van der Waals surface area contributed by atoms with Crippen molar-refractivity contribution in [2.24, 2.45) is 5.92 Å². The molecule has 2 rings (SSSR count). The molecule has 0 unspecified atom stereocenters. The third kappa shape index (κ3) is 3.23. The fourth-order valence-electron chi connectivity index (χ4n) is 2.08. The van der Waals surface area contributed by atoms with Crippen LogP contribution in [0, 0.1) is 5.92 Å². The number of H-pyrrole nitrogens is 1. The summed E-state index contributed by atoms with van der Waals surface area (Å²) < 4.78 is 0. The predicted molar refractivity (Wildman–Crippen MR) is 78.8 cm³/mol. The maximum atomic E-state index is 12.1. The van der Waals surface area contributed by atoms with Crippen LogP contribution in [0.2, 0.25) is 0 Å². The summed E-state index contributed by atoms with van der Waals surface area (Å²) in [6.45, 7) is 4.92. The molecule has 1 amide bonds. The van der Waals surface area contributed by atoms with Crippen LogP contribution in [0.15, 0.2) is 29.1 Å². The van der Waals surface area contributed by atoms with Crippen molar-refractivity contribution in [1.82, 2.24) is 15.5 Å². The van der Waals surface area contributed by atoms with Crippen LogP contribution in [0.4, 0.5) is 0 Å². The molecular weight excluding hydrogens is 254 g/mol. The SMILES string of the molecule is CC(C)CCCNC(=O)c1n[nH]c(=O)c2ccccc12. The maximum absolute atomic E-state index is 12.1. The van der Waals surface area contributed by atoms with Crippen LogP contribution in [0.5, 0.6) is 0 Å². The van der Waals surface area contributed by atoms with Crippen molar-refractivity contribution in [2.45, 2.75) is 26.7 Å². The minimum atomic E-state index is -0.281. The Hall–Kier alpha value is -2.17. The van der Waals surface area contributed by atoms with E-state index in [0.717, 1.165) is 12.8 Å². The molecule has 0 spiro atoms. The van der Waals surface area contributed by atoms with Crippen molar-refractivity contribution in [3.8, 4) is 0 Å². The van der Waals surface area contributed by atoms with Gasteiger partial charge in [0.25, 0.3) is 11.5 Å². The molecule has 2 aromatic rings. The standard InChI is InChI=1S/C15H19N3O2/c1-10(2)6-5-9-16-15(20)13-11-7-3-4-8-12(11)14(19)18-17-13/h3-4,7-8,10H,5-6,9H2,1-2H3,(H,16,20)(H,18,19). The van der Waals surface area contributed by atoms with Crippen molar-refractivity contribution in [3.05, 3.63) is 40.3 Å². The number of benzene rings is 1. The van der Waals surface area contributed by atoms with E-state index in [1.165, 1.54) is 0 Å². The van der Waals surface area contributed by atoms with Gasteiger partial charge in [-0.3, -0.25) is 9.59 Å². The lowest BCUT2D eigenvalue weighted by Crippen LogP contribution is -2.27. The van der Waals surface area contributed by atoms with Crippen LogP contribution in [0.25, 0.3) is 10.8 Å². The molecule has 0 aliphatic rings. The predicted octanol–water partition coefficient (Wildman–Crippen LogP) is 2.09. The van der Waals surface area contributed by atoms with Crippen LogP contribution < -0.4 is 10.9 Å². The Morgan fingerprint density at radius 1 is 1.30 bits per heavy atom. The molecule has 20 heavy (non-hydrogen) atoms. The summed E-state index contributed by atoms with van der Waals surface area (Å²) in [4.78, 5) is 23.8. The lowest BCUT2D eigenvalue weighted by Gasteiger charge is -2.07. The Kier molecular flexibility index (Phi) is 4.50. The molecule has 2 N–H and O–H groups in total. The third-order valence-electron chi connectivity index (χ3n) is 3.15. The van der Waals surface area contributed by atoms with Gasteiger partial charge in [0.1, 0.15) is 0 Å². The fourth-order valence-corrected chi connectivity index (χ4v) is 2.08. The Morgan fingerprint density at radius 3 is 2.70 bits per heavy atom. The Balaban J connectivity index is 2.15. The van der Waals surface area contributed by atoms with E-state index in [2.05, 4.69) is 29.4 Å². The summed E-state index contributed by atoms with van der Waals surface area (Å²) in [5, 5.41) is 10.1. The van der Waals surface area contributed by atoms with Crippen LogP contribution >= 0.6 is 0 Å². The number of aromatic amines is 1. The second-order valence-electron chi connectivity index (χ2n) is 5.24. The molecule has 0 bridgehead atoms. The Bertz CT molecular complexity index is 661. The topological polar surface area (TPSA) is 74.8 Å². The monoisotopic (exact) mass is 273 g/mol. The Morgan fingerprint density at radius 2 is 2.00 bits per heavy atom. The summed E-state index contributed by atoms with van der Waals surface area (Å²) in [7, 11) is 0. The number of carbonyl (C=O) groups is 1. The number of amides is 1. The van der Waals surface area contributed by atoms with Gasteiger partial charge < -0.3 is 5.32 Å². The second kappa shape index (κ2) is 6.32. The quantitative estimate of drug-likeness (QED) is 0.819. The van der Waals surface area contributed by atoms with Gasteiger partial charge in [0.2, 0.25) is 0 Å². The van der Waals surface area contributed by atoms with Crippen molar-refractivity contribution in [1.29, 1.82) is 0 Å². The lowest BCUT2D eigenvalue weighted by atomic mass is 10.1. The average molecular weight is 273 g/mol. The van der Waals surface area contributed by atoms with Gasteiger partial charge in [0.05, 0.1) is 5.39 Å². The first-order chi connectivity index (χ1) is 9.59. The first-order valence-electron chi connectivity index (χ1n) is 6.85. The van der Waals surface area contributed by atoms with Crippen molar-refractivity contribution < 1.29 is 4.79 Å². The van der Waals surface area contributed by atoms with Gasteiger partial charge in [-0.05, 0) is 24.8 Å². The highest BCUT2D eigenvalue weighted by atomic mass is 16.2. The summed E-state index contributed by atoms with van der Waals surface area (Å²) in [6.07, 6.45) is 2.00. The second-order valence-corrected chi connectivity index (χ2v) is 5.24. The van der Waals surface area contributed by atoms with E-state index in [1.807, 2.05) is 0 Å². The van der Waals surface area contributed by atoms with Crippen molar-refractivity contribution in [3.63, 3.8) is 0 Å². The van der Waals surface area contributed by atoms with E-state index in [4.69, 9.17) is 0 Å². The molecule has 0 aliphatic carbocycles. The smallest absolute Gasteiger partial charge is 0.272 e. The molecule has 5 nitrogen and oxygen atoms in total. The number of hydrogen-bond acceptors (Lipinski definition) is 3. The fraction of sp³-hybridized carbons (Fsp3) is 0.400. The van der Waals surface area contributed by atoms with Gasteiger partial charge in [-0.2, -0.15) is 5.10 Å². The van der Waals surface area contributed by atoms with E-state index in [-0.39, 0.29) is 17.2 Å². The highest BCUT2D eigenvalue weighted by Crippen LogP contribution is 2.12. The average Bonchev–Trinajstić information content (AvgIpc) is 2.44. The number of aromatic nitrogens is 2. The molecule has 5 heteroatoms. The minimum Gasteiger partial charge on any atom is -0.351 e. The maximum Gasteiger partial charge on any atom is 0.272 e. The van der Waals surface area contributed by atoms with Gasteiger partial charge in [-0.15, -0.1) is 0 Å². The minimum absolute atomic E-state index is 0.249. The van der Waals surface area contributed by atoms with E-state index >= 15 is 0 Å². The number of fused-ring (bicyclic) bond motifs is 1. The normalized spacial score (nSPS) is 10.9. The molecule has 0 fully saturated rings. The molecule has 106 valence electrons. The largest absolute Gasteiger partial charge is 0.351 e. The van der Waals surface area contributed by atoms with Gasteiger partial charge in [0.15, 0.2) is 5.69 Å². The molecule has 0 saturated heterocycles. The molecular formula is C15H19N3O2. The highest BCUT2D eigenvalue weighted by molar-refractivity contribution is 6.04. The number of nitrogens with zero attached hydrogens (tertiary/aromatic N) is 1. The van der Waals surface area contributed by atoms with Gasteiger partial charge >= 0.3 is 0 Å². The summed E-state index contributed by atoms with van der Waals surface area (Å²) in [5.41, 5.74) is -0.0123. The van der Waals surface area contributed by atoms with Crippen LogP contribution in [0.1, 0.15) is 37.2 Å². The van der Waals surface area contributed by atoms with Crippen LogP contribution in [-0.4, -0.2) is 22.6 Å². The zero-order valence-corrected chi connectivity index (χ0v) is 11.8. The van der Waals surface area contributed by atoms with Gasteiger partial charge in [0, 0.05) is 11.9 Å². The molecule has 0 aliphatic heterocycles. The van der Waals surface area contributed by atoms with E-state index in [9.17, 15) is 9.59 Å². The van der Waals surface area contributed by atoms with E-state index in [0.29, 0.717) is 23.2 Å². The van der Waals surface area contributed by atoms with Gasteiger partial charge in [-0.25, -0.2) is 5.10 Å². The van der Waals surface area contributed by atoms with Crippen molar-refractivity contribution in [2.75, 3.05) is 6.54 Å². The summed E-state index contributed by atoms with van der Waals surface area (Å²) in [5.74, 6) is 0.375. The van der Waals surface area contributed by atoms with E-state index < -0.39 is 0 Å². The zero-order chi connectivity index (χ0) is 14.5. The molecule has 1 aromatic carbocycles. The van der Waals surface area contributed by atoms with Crippen LogP contribution in [-0.2, 0) is 0 Å². The van der Waals surface area contributed by atoms with Crippen molar-refractivity contribution >= 4 is 16.7 Å². The van der Waals surface area contributed by atoms with Gasteiger partial charge in [-0.1, -0.05) is 32.0 Å².